The number of hydrogen-bond donors (Lipinski definition) is 7. The van der Waals surface area contributed by atoms with Crippen LogP contribution in [-0.2, 0) is 4.74 Å². The number of methoxy groups -OCH3 is 1. The van der Waals surface area contributed by atoms with Crippen molar-refractivity contribution in [2.75, 3.05) is 13.7 Å². The summed E-state index contributed by atoms with van der Waals surface area (Å²) in [7, 11) is 1.34. The van der Waals surface area contributed by atoms with Gasteiger partial charge in [-0.2, -0.15) is 0 Å². The first-order valence-corrected chi connectivity index (χ1v) is 10.3. The van der Waals surface area contributed by atoms with E-state index in [-0.39, 0.29) is 28.4 Å². The number of Topliss-reactive ketones (excluding diaryl/α,β-unsaturated/α-hetero) is 1. The molecule has 2 aliphatic heterocycles. The molecule has 0 spiro atoms. The van der Waals surface area contributed by atoms with Crippen molar-refractivity contribution in [2.24, 2.45) is 0 Å². The highest BCUT2D eigenvalue weighted by atomic mass is 16.7. The molecule has 0 aromatic heterocycles. The first-order chi connectivity index (χ1) is 16.2. The van der Waals surface area contributed by atoms with E-state index in [2.05, 4.69) is 0 Å². The van der Waals surface area contributed by atoms with E-state index in [1.165, 1.54) is 31.4 Å². The summed E-state index contributed by atoms with van der Waals surface area (Å²) in [6, 6.07) is 6.34. The topological polar surface area (TPSA) is 196 Å². The summed E-state index contributed by atoms with van der Waals surface area (Å²) >= 11 is 0. The highest BCUT2D eigenvalue weighted by Crippen LogP contribution is 2.44. The lowest BCUT2D eigenvalue weighted by Crippen LogP contribution is -2.60. The average molecular weight is 480 g/mol. The normalized spacial score (nSPS) is 30.9. The second kappa shape index (κ2) is 9.25. The average Bonchev–Trinajstić information content (AvgIpc) is 2.83. The quantitative estimate of drug-likeness (QED) is 0.257. The minimum atomic E-state index is -1.74. The van der Waals surface area contributed by atoms with Crippen LogP contribution in [0.2, 0.25) is 0 Å². The van der Waals surface area contributed by atoms with Gasteiger partial charge in [-0.25, -0.2) is 0 Å². The molecule has 2 aliphatic rings. The number of aliphatic hydroxyl groups is 5. The molecule has 4 rings (SSSR count). The fourth-order valence-electron chi connectivity index (χ4n) is 3.86. The molecule has 2 aromatic carbocycles. The number of rotatable bonds is 5. The Morgan fingerprint density at radius 1 is 0.971 bits per heavy atom. The Morgan fingerprint density at radius 2 is 1.71 bits per heavy atom. The predicted octanol–water partition coefficient (Wildman–Crippen LogP) is -1.04. The van der Waals surface area contributed by atoms with E-state index < -0.39 is 66.8 Å². The van der Waals surface area contributed by atoms with Crippen molar-refractivity contribution in [2.45, 2.75) is 42.9 Å². The summed E-state index contributed by atoms with van der Waals surface area (Å²) < 4.78 is 22.0. The van der Waals surface area contributed by atoms with Crippen LogP contribution in [0.5, 0.6) is 28.7 Å². The zero-order chi connectivity index (χ0) is 24.7. The zero-order valence-electron chi connectivity index (χ0n) is 17.8. The molecule has 0 saturated carbocycles. The van der Waals surface area contributed by atoms with Crippen LogP contribution >= 0.6 is 0 Å². The van der Waals surface area contributed by atoms with E-state index in [1.54, 1.807) is 0 Å². The molecule has 2 aromatic rings. The third-order valence-electron chi connectivity index (χ3n) is 5.75. The Kier molecular flexibility index (Phi) is 6.53. The summed E-state index contributed by atoms with van der Waals surface area (Å²) in [5.41, 5.74) is 0.00512. The number of ketones is 1. The fourth-order valence-corrected chi connectivity index (χ4v) is 3.86. The Morgan fingerprint density at radius 3 is 2.35 bits per heavy atom. The molecule has 0 radical (unpaired) electrons. The van der Waals surface area contributed by atoms with Crippen molar-refractivity contribution >= 4 is 5.78 Å². The molecular formula is C22H24O12. The third-order valence-corrected chi connectivity index (χ3v) is 5.75. The number of benzene rings is 2. The Labute approximate surface area is 192 Å². The number of aliphatic hydroxyl groups excluding tert-OH is 5. The Balaban J connectivity index is 1.71. The second-order valence-corrected chi connectivity index (χ2v) is 7.91. The molecule has 12 nitrogen and oxygen atoms in total. The molecule has 2 heterocycles. The first kappa shape index (κ1) is 24.0. The van der Waals surface area contributed by atoms with E-state index in [0.29, 0.717) is 0 Å². The number of carbonyl (C=O) groups excluding carboxylic acids is 1. The molecule has 2 unspecified atom stereocenters. The van der Waals surface area contributed by atoms with E-state index in [9.17, 15) is 40.5 Å². The standard InChI is InChI=1S/C22H24O12/c1-31-9-5-12-15(13(6-9)33-22-20(30)18(28)16(26)14(7-23)34-22)17(27)19(29)21(32-12)8-2-3-10(24)11(25)4-8/h2-6,14,16,18-26,28-30H,7H2,1H3/t14-,16-,18+,19?,20-,21?,22-/m1/s1. The van der Waals surface area contributed by atoms with Crippen LogP contribution in [-0.4, -0.2) is 92.1 Å². The van der Waals surface area contributed by atoms with Crippen molar-refractivity contribution in [1.82, 2.24) is 0 Å². The SMILES string of the molecule is COc1cc2c(c(O[C@@H]3O[C@H](CO)[C@@H](O)[C@H](O)[C@H]3O)c1)C(=O)C(O)C(c1ccc(O)c(O)c1)O2. The summed E-state index contributed by atoms with van der Waals surface area (Å²) in [6.07, 6.45) is -10.9. The lowest BCUT2D eigenvalue weighted by molar-refractivity contribution is -0.277. The van der Waals surface area contributed by atoms with Crippen molar-refractivity contribution in [1.29, 1.82) is 0 Å². The lowest BCUT2D eigenvalue weighted by atomic mass is 9.92. The van der Waals surface area contributed by atoms with Gasteiger partial charge in [0.25, 0.3) is 0 Å². The smallest absolute Gasteiger partial charge is 0.229 e. The van der Waals surface area contributed by atoms with Gasteiger partial charge in [-0.1, -0.05) is 6.07 Å². The maximum absolute atomic E-state index is 13.1. The van der Waals surface area contributed by atoms with Gasteiger partial charge < -0.3 is 54.7 Å². The first-order valence-electron chi connectivity index (χ1n) is 10.3. The largest absolute Gasteiger partial charge is 0.504 e. The van der Waals surface area contributed by atoms with E-state index in [4.69, 9.17) is 18.9 Å². The van der Waals surface area contributed by atoms with Crippen molar-refractivity contribution in [3.05, 3.63) is 41.5 Å². The Bertz CT molecular complexity index is 1070. The highest BCUT2D eigenvalue weighted by molar-refractivity contribution is 6.05. The van der Waals surface area contributed by atoms with Gasteiger partial charge in [-0.3, -0.25) is 4.79 Å². The number of fused-ring (bicyclic) bond motifs is 1. The van der Waals surface area contributed by atoms with Gasteiger partial charge in [0.2, 0.25) is 12.1 Å². The van der Waals surface area contributed by atoms with Crippen molar-refractivity contribution in [3.8, 4) is 28.7 Å². The number of phenolic OH excluding ortho intramolecular Hbond substituents is 2. The van der Waals surface area contributed by atoms with Crippen LogP contribution < -0.4 is 14.2 Å². The highest BCUT2D eigenvalue weighted by Gasteiger charge is 2.46. The van der Waals surface area contributed by atoms with E-state index in [1.807, 2.05) is 0 Å². The van der Waals surface area contributed by atoms with Gasteiger partial charge in [0, 0.05) is 12.1 Å². The number of phenols is 2. The molecule has 0 amide bonds. The van der Waals surface area contributed by atoms with E-state index >= 15 is 0 Å². The maximum Gasteiger partial charge on any atom is 0.229 e. The van der Waals surface area contributed by atoms with Crippen molar-refractivity contribution < 1.29 is 59.5 Å². The van der Waals surface area contributed by atoms with Gasteiger partial charge in [-0.15, -0.1) is 0 Å². The monoisotopic (exact) mass is 480 g/mol. The number of carbonyl (C=O) groups is 1. The van der Waals surface area contributed by atoms with Gasteiger partial charge in [0.1, 0.15) is 47.2 Å². The van der Waals surface area contributed by atoms with Crippen LogP contribution in [0.1, 0.15) is 22.0 Å². The zero-order valence-corrected chi connectivity index (χ0v) is 17.8. The van der Waals surface area contributed by atoms with Gasteiger partial charge >= 0.3 is 0 Å². The van der Waals surface area contributed by atoms with Gasteiger partial charge in [-0.05, 0) is 17.7 Å². The van der Waals surface area contributed by atoms with E-state index in [0.717, 1.165) is 6.07 Å². The summed E-state index contributed by atoms with van der Waals surface area (Å²) in [6.45, 7) is -0.678. The molecule has 34 heavy (non-hydrogen) atoms. The van der Waals surface area contributed by atoms with Gasteiger partial charge in [0.15, 0.2) is 23.7 Å². The molecule has 184 valence electrons. The van der Waals surface area contributed by atoms with Crippen molar-refractivity contribution in [3.63, 3.8) is 0 Å². The Hall–Kier alpha value is -3.13. The molecule has 0 aliphatic carbocycles. The molecular weight excluding hydrogens is 456 g/mol. The molecule has 7 atom stereocenters. The van der Waals surface area contributed by atoms with Crippen LogP contribution in [0, 0.1) is 0 Å². The lowest BCUT2D eigenvalue weighted by Gasteiger charge is -2.40. The van der Waals surface area contributed by atoms with Crippen LogP contribution in [0.15, 0.2) is 30.3 Å². The third kappa shape index (κ3) is 4.11. The summed E-state index contributed by atoms with van der Waals surface area (Å²) in [5.74, 6) is -1.76. The number of aromatic hydroxyl groups is 2. The van der Waals surface area contributed by atoms with Crippen LogP contribution in [0.4, 0.5) is 0 Å². The maximum atomic E-state index is 13.1. The van der Waals surface area contributed by atoms with Crippen LogP contribution in [0.3, 0.4) is 0 Å². The van der Waals surface area contributed by atoms with Gasteiger partial charge in [0.05, 0.1) is 13.7 Å². The molecule has 1 saturated heterocycles. The molecule has 1 fully saturated rings. The minimum Gasteiger partial charge on any atom is -0.504 e. The minimum absolute atomic E-state index is 0.0493. The fraction of sp³-hybridized carbons (Fsp3) is 0.409. The molecule has 12 heteroatoms. The summed E-state index contributed by atoms with van der Waals surface area (Å²) in [5, 5.41) is 69.6. The predicted molar refractivity (Wildman–Crippen MR) is 111 cm³/mol. The molecule has 0 bridgehead atoms. The summed E-state index contributed by atoms with van der Waals surface area (Å²) in [4.78, 5) is 13.1. The number of ether oxygens (including phenoxy) is 4. The van der Waals surface area contributed by atoms with Crippen LogP contribution in [0.25, 0.3) is 0 Å². The second-order valence-electron chi connectivity index (χ2n) is 7.91. The molecule has 7 N–H and O–H groups in total. The number of hydrogen-bond acceptors (Lipinski definition) is 12.